The second-order valence-electron chi connectivity index (χ2n) is 13.5. The fourth-order valence-electron chi connectivity index (χ4n) is 6.10. The van der Waals surface area contributed by atoms with Crippen LogP contribution in [0.3, 0.4) is 0 Å². The molecule has 2 N–H and O–H groups in total. The molecule has 0 aromatic rings. The molecule has 255 valence electrons. The van der Waals surface area contributed by atoms with Crippen LogP contribution in [0.15, 0.2) is 0 Å². The number of hydrogen-bond acceptors (Lipinski definition) is 4. The maximum absolute atomic E-state index is 12.6. The summed E-state index contributed by atoms with van der Waals surface area (Å²) < 4.78 is 0. The number of Topliss-reactive ketones (excluding diaryl/α,β-unsaturated/α-hetero) is 2. The van der Waals surface area contributed by atoms with Crippen LogP contribution in [0.4, 0.5) is 0 Å². The molecule has 0 saturated carbocycles. The first-order valence-corrected chi connectivity index (χ1v) is 19.3. The largest absolute Gasteiger partial charge is 0.393 e. The summed E-state index contributed by atoms with van der Waals surface area (Å²) in [4.78, 5) is 25.0. The van der Waals surface area contributed by atoms with Crippen LogP contribution in [0.1, 0.15) is 219 Å². The van der Waals surface area contributed by atoms with Gasteiger partial charge in [-0.1, -0.05) is 194 Å². The summed E-state index contributed by atoms with van der Waals surface area (Å²) in [5.41, 5.74) is -2.01. The van der Waals surface area contributed by atoms with E-state index in [0.717, 1.165) is 38.5 Å². The number of aliphatic hydroxyl groups is 2. The van der Waals surface area contributed by atoms with E-state index in [1.54, 1.807) is 0 Å². The molecule has 0 bridgehead atoms. The predicted molar refractivity (Wildman–Crippen MR) is 185 cm³/mol. The molecule has 0 aliphatic heterocycles. The van der Waals surface area contributed by atoms with Crippen LogP contribution >= 0.6 is 0 Å². The average molecular weight is 608 g/mol. The molecule has 1 unspecified atom stereocenters. The summed E-state index contributed by atoms with van der Waals surface area (Å²) in [5.74, 6) is -0.648. The molecule has 0 aromatic heterocycles. The van der Waals surface area contributed by atoms with Crippen LogP contribution in [-0.4, -0.2) is 34.0 Å². The van der Waals surface area contributed by atoms with Gasteiger partial charge in [-0.3, -0.25) is 9.59 Å². The van der Waals surface area contributed by atoms with Crippen molar-refractivity contribution < 1.29 is 19.8 Å². The van der Waals surface area contributed by atoms with E-state index in [0.29, 0.717) is 12.8 Å². The summed E-state index contributed by atoms with van der Waals surface area (Å²) in [6.07, 6.45) is 39.6. The molecule has 0 fully saturated rings. The van der Waals surface area contributed by atoms with Gasteiger partial charge in [-0.05, 0) is 12.8 Å². The Hall–Kier alpha value is -0.740. The highest BCUT2D eigenvalue weighted by Gasteiger charge is 2.36. The summed E-state index contributed by atoms with van der Waals surface area (Å²) in [5, 5.41) is 20.3. The van der Waals surface area contributed by atoms with Gasteiger partial charge in [-0.25, -0.2) is 0 Å². The first-order chi connectivity index (χ1) is 21.0. The van der Waals surface area contributed by atoms with Crippen LogP contribution in [-0.2, 0) is 9.59 Å². The van der Waals surface area contributed by atoms with Gasteiger partial charge >= 0.3 is 0 Å². The lowest BCUT2D eigenvalue weighted by molar-refractivity contribution is -0.140. The third-order valence-corrected chi connectivity index (χ3v) is 9.16. The monoisotopic (exact) mass is 608 g/mol. The van der Waals surface area contributed by atoms with Gasteiger partial charge in [0.05, 0.1) is 13.0 Å². The third kappa shape index (κ3) is 28.5. The molecule has 0 rings (SSSR count). The summed E-state index contributed by atoms with van der Waals surface area (Å²) >= 11 is 0. The van der Waals surface area contributed by atoms with Crippen molar-refractivity contribution in [1.82, 2.24) is 0 Å². The average Bonchev–Trinajstić information content (AvgIpc) is 3.00. The molecule has 43 heavy (non-hydrogen) atoms. The highest BCUT2D eigenvalue weighted by atomic mass is 16.3. The van der Waals surface area contributed by atoms with Crippen LogP contribution in [0, 0.1) is 6.42 Å². The molecule has 0 spiro atoms. The van der Waals surface area contributed by atoms with Crippen molar-refractivity contribution in [1.29, 1.82) is 0 Å². The van der Waals surface area contributed by atoms with Gasteiger partial charge in [0.15, 0.2) is 11.4 Å². The standard InChI is InChI=1S/C39H75O4/c1-3-5-7-9-11-13-15-17-19-21-23-25-27-29-31-33-37(41)35-39(43,36-40)38(42)34-32-30-28-26-24-22-20-18-16-14-12-10-8-6-4-2/h35,40,43H,3-34,36H2,1-2H3. The summed E-state index contributed by atoms with van der Waals surface area (Å²) in [6, 6.07) is 0. The molecule has 0 saturated heterocycles. The number of hydrogen-bond donors (Lipinski definition) is 2. The quantitative estimate of drug-likeness (QED) is 0.0695. The van der Waals surface area contributed by atoms with Crippen LogP contribution in [0.2, 0.25) is 0 Å². The van der Waals surface area contributed by atoms with Gasteiger partial charge in [0, 0.05) is 12.8 Å². The molecule has 0 aromatic carbocycles. The maximum atomic E-state index is 12.6. The molecule has 0 amide bonds. The smallest absolute Gasteiger partial charge is 0.167 e. The number of carbonyl (C=O) groups excluding carboxylic acids is 2. The number of unbranched alkanes of at least 4 members (excludes halogenated alkanes) is 28. The van der Waals surface area contributed by atoms with Crippen molar-refractivity contribution in [3.05, 3.63) is 6.42 Å². The number of carbonyl (C=O) groups is 2. The predicted octanol–water partition coefficient (Wildman–Crippen LogP) is 11.6. The topological polar surface area (TPSA) is 74.6 Å². The van der Waals surface area contributed by atoms with Crippen molar-refractivity contribution in [2.75, 3.05) is 6.61 Å². The fourth-order valence-corrected chi connectivity index (χ4v) is 6.10. The van der Waals surface area contributed by atoms with E-state index < -0.39 is 18.0 Å². The van der Waals surface area contributed by atoms with E-state index in [2.05, 4.69) is 13.8 Å². The lowest BCUT2D eigenvalue weighted by Crippen LogP contribution is -2.45. The molecule has 0 aliphatic rings. The first-order valence-electron chi connectivity index (χ1n) is 19.3. The Bertz CT molecular complexity index is 604. The minimum absolute atomic E-state index is 0.220. The van der Waals surface area contributed by atoms with Crippen LogP contribution in [0.5, 0.6) is 0 Å². The second kappa shape index (κ2) is 32.6. The first kappa shape index (κ1) is 42.3. The molecule has 0 aliphatic carbocycles. The Morgan fingerprint density at radius 3 is 0.977 bits per heavy atom. The zero-order valence-corrected chi connectivity index (χ0v) is 29.1. The Balaban J connectivity index is 3.65. The van der Waals surface area contributed by atoms with E-state index in [1.165, 1.54) is 154 Å². The van der Waals surface area contributed by atoms with Gasteiger partial charge in [0.25, 0.3) is 0 Å². The summed E-state index contributed by atoms with van der Waals surface area (Å²) in [6.45, 7) is 3.82. The maximum Gasteiger partial charge on any atom is 0.167 e. The van der Waals surface area contributed by atoms with Crippen molar-refractivity contribution in [2.45, 2.75) is 225 Å². The highest BCUT2D eigenvalue weighted by Crippen LogP contribution is 2.19. The lowest BCUT2D eigenvalue weighted by atomic mass is 9.88. The van der Waals surface area contributed by atoms with Crippen molar-refractivity contribution in [3.63, 3.8) is 0 Å². The lowest BCUT2D eigenvalue weighted by Gasteiger charge is -2.23. The second-order valence-corrected chi connectivity index (χ2v) is 13.5. The van der Waals surface area contributed by atoms with E-state index in [1.807, 2.05) is 0 Å². The van der Waals surface area contributed by atoms with Gasteiger partial charge in [0.1, 0.15) is 5.78 Å². The number of ketones is 2. The van der Waals surface area contributed by atoms with Gasteiger partial charge in [0.2, 0.25) is 0 Å². The molecule has 1 atom stereocenters. The van der Waals surface area contributed by atoms with Crippen molar-refractivity contribution in [3.8, 4) is 0 Å². The zero-order chi connectivity index (χ0) is 31.7. The Morgan fingerprint density at radius 2 is 0.698 bits per heavy atom. The number of aliphatic hydroxyl groups excluding tert-OH is 1. The van der Waals surface area contributed by atoms with E-state index in [9.17, 15) is 19.8 Å². The highest BCUT2D eigenvalue weighted by molar-refractivity contribution is 5.99. The minimum atomic E-state index is -2.01. The van der Waals surface area contributed by atoms with E-state index >= 15 is 0 Å². The van der Waals surface area contributed by atoms with Crippen molar-refractivity contribution in [2.24, 2.45) is 0 Å². The van der Waals surface area contributed by atoms with E-state index in [4.69, 9.17) is 0 Å². The van der Waals surface area contributed by atoms with Gasteiger partial charge in [-0.15, -0.1) is 0 Å². The van der Waals surface area contributed by atoms with Crippen LogP contribution < -0.4 is 0 Å². The molecular weight excluding hydrogens is 532 g/mol. The van der Waals surface area contributed by atoms with Gasteiger partial charge in [-0.2, -0.15) is 0 Å². The summed E-state index contributed by atoms with van der Waals surface area (Å²) in [7, 11) is 0. The third-order valence-electron chi connectivity index (χ3n) is 9.16. The minimum Gasteiger partial charge on any atom is -0.393 e. The number of rotatable bonds is 36. The Labute approximate surface area is 269 Å². The fraction of sp³-hybridized carbons (Fsp3) is 0.923. The van der Waals surface area contributed by atoms with Crippen LogP contribution in [0.25, 0.3) is 0 Å². The molecule has 1 radical (unpaired) electrons. The van der Waals surface area contributed by atoms with Crippen molar-refractivity contribution >= 4 is 11.6 Å². The molecule has 0 heterocycles. The molecule has 4 nitrogen and oxygen atoms in total. The van der Waals surface area contributed by atoms with Gasteiger partial charge < -0.3 is 10.2 Å². The van der Waals surface area contributed by atoms with E-state index in [-0.39, 0.29) is 12.2 Å². The Morgan fingerprint density at radius 1 is 0.442 bits per heavy atom. The molecule has 4 heteroatoms. The Kier molecular flexibility index (Phi) is 32.1. The molecular formula is C39H75O4. The normalized spacial score (nSPS) is 12.9. The zero-order valence-electron chi connectivity index (χ0n) is 29.1. The SMILES string of the molecule is CCCCCCCCCCCCCCCCCC(=O)[CH]C(O)(CO)C(=O)CCCCCCCCCCCCCCCCC.